The summed E-state index contributed by atoms with van der Waals surface area (Å²) in [4.78, 5) is 15.5. The highest BCUT2D eigenvalue weighted by molar-refractivity contribution is 7.11. The zero-order chi connectivity index (χ0) is 18.4. The van der Waals surface area contributed by atoms with Gasteiger partial charge >= 0.3 is 0 Å². The highest BCUT2D eigenvalue weighted by Crippen LogP contribution is 2.18. The van der Waals surface area contributed by atoms with Gasteiger partial charge in [0.25, 0.3) is 0 Å². The summed E-state index contributed by atoms with van der Waals surface area (Å²) in [6.07, 6.45) is 0. The van der Waals surface area contributed by atoms with Crippen LogP contribution in [0.4, 0.5) is 0 Å². The first kappa shape index (κ1) is 18.9. The van der Waals surface area contributed by atoms with Crippen LogP contribution < -0.4 is 5.32 Å². The maximum atomic E-state index is 4.87. The van der Waals surface area contributed by atoms with Crippen LogP contribution >= 0.6 is 11.3 Å². The van der Waals surface area contributed by atoms with Crippen LogP contribution in [0, 0.1) is 13.8 Å². The molecule has 0 amide bonds. The molecule has 2 aromatic rings. The molecular weight excluding hydrogens is 342 g/mol. The van der Waals surface area contributed by atoms with Gasteiger partial charge in [-0.1, -0.05) is 30.3 Å². The molecule has 1 aromatic heterocycles. The van der Waals surface area contributed by atoms with Crippen molar-refractivity contribution in [3.05, 3.63) is 51.5 Å². The topological polar surface area (TPSA) is 43.8 Å². The lowest BCUT2D eigenvalue weighted by Gasteiger charge is -2.36. The lowest BCUT2D eigenvalue weighted by molar-refractivity contribution is 0.172. The molecule has 1 saturated heterocycles. The molecule has 3 rings (SSSR count). The molecule has 1 aliphatic rings. The van der Waals surface area contributed by atoms with Gasteiger partial charge in [-0.15, -0.1) is 11.3 Å². The number of aliphatic imine (C=N–C) groups is 1. The number of rotatable bonds is 5. The fourth-order valence-electron chi connectivity index (χ4n) is 3.25. The first-order valence-electron chi connectivity index (χ1n) is 9.38. The van der Waals surface area contributed by atoms with Crippen LogP contribution in [0.5, 0.6) is 0 Å². The summed E-state index contributed by atoms with van der Waals surface area (Å²) in [6.45, 7) is 13.1. The van der Waals surface area contributed by atoms with E-state index in [4.69, 9.17) is 4.99 Å². The monoisotopic (exact) mass is 371 g/mol. The van der Waals surface area contributed by atoms with Gasteiger partial charge in [0.05, 0.1) is 17.2 Å². The molecule has 0 spiro atoms. The Hall–Kier alpha value is -1.92. The minimum atomic E-state index is 0.712. The van der Waals surface area contributed by atoms with Gasteiger partial charge in [-0.3, -0.25) is 4.90 Å². The number of piperazine rings is 1. The molecule has 0 saturated carbocycles. The van der Waals surface area contributed by atoms with Crippen molar-refractivity contribution in [3.8, 4) is 0 Å². The average molecular weight is 372 g/mol. The van der Waals surface area contributed by atoms with E-state index in [1.54, 1.807) is 11.3 Å². The molecule has 26 heavy (non-hydrogen) atoms. The molecule has 0 radical (unpaired) electrons. The Morgan fingerprint density at radius 2 is 1.88 bits per heavy atom. The van der Waals surface area contributed by atoms with Crippen molar-refractivity contribution < 1.29 is 0 Å². The first-order chi connectivity index (χ1) is 12.7. The third-order valence-corrected chi connectivity index (χ3v) is 5.69. The zero-order valence-corrected chi connectivity index (χ0v) is 16.9. The molecule has 2 heterocycles. The summed E-state index contributed by atoms with van der Waals surface area (Å²) in [5.74, 6) is 1.03. The van der Waals surface area contributed by atoms with Gasteiger partial charge in [-0.05, 0) is 26.3 Å². The Morgan fingerprint density at radius 3 is 2.50 bits per heavy atom. The van der Waals surface area contributed by atoms with Crippen molar-refractivity contribution in [2.75, 3.05) is 32.7 Å². The molecule has 6 heteroatoms. The van der Waals surface area contributed by atoms with Crippen LogP contribution in [0.25, 0.3) is 0 Å². The third-order valence-electron chi connectivity index (χ3n) is 4.63. The fraction of sp³-hybridized carbons (Fsp3) is 0.500. The SMILES string of the molecule is CCNC(=NCc1sc(C)nc1C)N1CCN(Cc2ccccc2)CC1. The highest BCUT2D eigenvalue weighted by atomic mass is 32.1. The lowest BCUT2D eigenvalue weighted by Crippen LogP contribution is -2.52. The van der Waals surface area contributed by atoms with Crippen LogP contribution in [0.1, 0.15) is 28.1 Å². The maximum absolute atomic E-state index is 4.87. The molecule has 0 bridgehead atoms. The van der Waals surface area contributed by atoms with Crippen LogP contribution in [0.2, 0.25) is 0 Å². The molecule has 1 N–H and O–H groups in total. The fourth-order valence-corrected chi connectivity index (χ4v) is 4.11. The number of nitrogens with one attached hydrogen (secondary N) is 1. The second kappa shape index (κ2) is 9.14. The number of hydrogen-bond donors (Lipinski definition) is 1. The third kappa shape index (κ3) is 5.05. The molecule has 0 unspecified atom stereocenters. The Kier molecular flexibility index (Phi) is 6.63. The lowest BCUT2D eigenvalue weighted by atomic mass is 10.2. The van der Waals surface area contributed by atoms with Crippen molar-refractivity contribution in [2.45, 2.75) is 33.9 Å². The average Bonchev–Trinajstić information content (AvgIpc) is 2.97. The molecule has 1 fully saturated rings. The number of guanidine groups is 1. The number of aryl methyl sites for hydroxylation is 2. The summed E-state index contributed by atoms with van der Waals surface area (Å²) < 4.78 is 0. The van der Waals surface area contributed by atoms with E-state index < -0.39 is 0 Å². The van der Waals surface area contributed by atoms with E-state index in [9.17, 15) is 0 Å². The van der Waals surface area contributed by atoms with E-state index in [0.717, 1.165) is 55.9 Å². The normalized spacial score (nSPS) is 16.1. The Balaban J connectivity index is 1.57. The van der Waals surface area contributed by atoms with E-state index in [2.05, 4.69) is 71.2 Å². The van der Waals surface area contributed by atoms with Crippen molar-refractivity contribution in [1.82, 2.24) is 20.1 Å². The molecular formula is C20H29N5S. The summed E-state index contributed by atoms with van der Waals surface area (Å²) >= 11 is 1.75. The second-order valence-corrected chi connectivity index (χ2v) is 7.95. The zero-order valence-electron chi connectivity index (χ0n) is 16.0. The Bertz CT molecular complexity index is 717. The Morgan fingerprint density at radius 1 is 1.15 bits per heavy atom. The van der Waals surface area contributed by atoms with Crippen molar-refractivity contribution in [3.63, 3.8) is 0 Å². The minimum Gasteiger partial charge on any atom is -0.357 e. The van der Waals surface area contributed by atoms with E-state index >= 15 is 0 Å². The predicted molar refractivity (Wildman–Crippen MR) is 110 cm³/mol. The Labute approximate surface area is 160 Å². The molecule has 0 aliphatic carbocycles. The smallest absolute Gasteiger partial charge is 0.194 e. The van der Waals surface area contributed by atoms with E-state index in [0.29, 0.717) is 6.54 Å². The largest absolute Gasteiger partial charge is 0.357 e. The van der Waals surface area contributed by atoms with Gasteiger partial charge in [0.15, 0.2) is 5.96 Å². The van der Waals surface area contributed by atoms with Gasteiger partial charge in [0, 0.05) is 44.1 Å². The summed E-state index contributed by atoms with van der Waals surface area (Å²) in [5, 5.41) is 4.57. The number of hydrogen-bond acceptors (Lipinski definition) is 4. The van der Waals surface area contributed by atoms with Gasteiger partial charge in [0.2, 0.25) is 0 Å². The van der Waals surface area contributed by atoms with Crippen LogP contribution in [0.15, 0.2) is 35.3 Å². The van der Waals surface area contributed by atoms with Crippen LogP contribution in [-0.4, -0.2) is 53.5 Å². The van der Waals surface area contributed by atoms with E-state index in [1.165, 1.54) is 10.4 Å². The number of benzene rings is 1. The molecule has 5 nitrogen and oxygen atoms in total. The standard InChI is InChI=1S/C20H29N5S/c1-4-21-20(22-14-19-16(2)23-17(3)26-19)25-12-10-24(11-13-25)15-18-8-6-5-7-9-18/h5-9H,4,10-15H2,1-3H3,(H,21,22). The quantitative estimate of drug-likeness (QED) is 0.648. The van der Waals surface area contributed by atoms with E-state index in [1.807, 2.05) is 0 Å². The van der Waals surface area contributed by atoms with Crippen molar-refractivity contribution >= 4 is 17.3 Å². The van der Waals surface area contributed by atoms with Crippen LogP contribution in [0.3, 0.4) is 0 Å². The number of nitrogens with zero attached hydrogens (tertiary/aromatic N) is 4. The molecule has 140 valence electrons. The van der Waals surface area contributed by atoms with Gasteiger partial charge in [0.1, 0.15) is 0 Å². The number of aromatic nitrogens is 1. The van der Waals surface area contributed by atoms with Crippen LogP contribution in [-0.2, 0) is 13.1 Å². The molecule has 0 atom stereocenters. The molecule has 1 aliphatic heterocycles. The van der Waals surface area contributed by atoms with Crippen molar-refractivity contribution in [2.24, 2.45) is 4.99 Å². The second-order valence-electron chi connectivity index (χ2n) is 6.66. The van der Waals surface area contributed by atoms with Gasteiger partial charge in [-0.25, -0.2) is 9.98 Å². The predicted octanol–water partition coefficient (Wildman–Crippen LogP) is 3.04. The summed E-state index contributed by atoms with van der Waals surface area (Å²) in [5.41, 5.74) is 2.50. The van der Waals surface area contributed by atoms with Gasteiger partial charge < -0.3 is 10.2 Å². The minimum absolute atomic E-state index is 0.712. The van der Waals surface area contributed by atoms with Crippen molar-refractivity contribution in [1.29, 1.82) is 0 Å². The maximum Gasteiger partial charge on any atom is 0.194 e. The molecule has 1 aromatic carbocycles. The first-order valence-corrected chi connectivity index (χ1v) is 10.2. The van der Waals surface area contributed by atoms with E-state index in [-0.39, 0.29) is 0 Å². The number of thiazole rings is 1. The van der Waals surface area contributed by atoms with Gasteiger partial charge in [-0.2, -0.15) is 0 Å². The summed E-state index contributed by atoms with van der Waals surface area (Å²) in [6, 6.07) is 10.7. The highest BCUT2D eigenvalue weighted by Gasteiger charge is 2.19. The summed E-state index contributed by atoms with van der Waals surface area (Å²) in [7, 11) is 0.